The number of fused-ring (bicyclic) bond motifs is 1. The molecule has 3 aromatic carbocycles. The maximum absolute atomic E-state index is 12.8. The van der Waals surface area contributed by atoms with Crippen molar-refractivity contribution in [1.29, 1.82) is 0 Å². The highest BCUT2D eigenvalue weighted by molar-refractivity contribution is 7.99. The highest BCUT2D eigenvalue weighted by Crippen LogP contribution is 2.38. The summed E-state index contributed by atoms with van der Waals surface area (Å²) >= 11 is 1.71. The molecule has 0 atom stereocenters. The van der Waals surface area contributed by atoms with E-state index in [0.29, 0.717) is 29.4 Å². The van der Waals surface area contributed by atoms with Crippen molar-refractivity contribution in [2.75, 3.05) is 33.6 Å². The van der Waals surface area contributed by atoms with E-state index in [-0.39, 0.29) is 5.91 Å². The Morgan fingerprint density at radius 3 is 2.24 bits per heavy atom. The molecule has 0 fully saturated rings. The van der Waals surface area contributed by atoms with Crippen LogP contribution in [0.1, 0.15) is 10.4 Å². The summed E-state index contributed by atoms with van der Waals surface area (Å²) in [7, 11) is 4.74. The van der Waals surface area contributed by atoms with E-state index >= 15 is 0 Å². The maximum atomic E-state index is 12.8. The van der Waals surface area contributed by atoms with E-state index in [2.05, 4.69) is 22.4 Å². The van der Waals surface area contributed by atoms with Gasteiger partial charge < -0.3 is 24.5 Å². The van der Waals surface area contributed by atoms with Crippen molar-refractivity contribution < 1.29 is 19.0 Å². The van der Waals surface area contributed by atoms with Crippen molar-refractivity contribution in [2.45, 2.75) is 4.90 Å². The van der Waals surface area contributed by atoms with Gasteiger partial charge in [0.05, 0.1) is 27.0 Å². The molecular formula is C26H26N2O4S. The molecule has 0 radical (unpaired) electrons. The lowest BCUT2D eigenvalue weighted by molar-refractivity contribution is 0.0950. The largest absolute Gasteiger partial charge is 0.497 e. The third kappa shape index (κ3) is 4.78. The fourth-order valence-corrected chi connectivity index (χ4v) is 4.76. The summed E-state index contributed by atoms with van der Waals surface area (Å²) in [6.07, 6.45) is 0. The summed E-state index contributed by atoms with van der Waals surface area (Å²) in [5, 5.41) is 4.15. The third-order valence-electron chi connectivity index (χ3n) is 5.33. The number of nitrogens with one attached hydrogen (secondary N) is 2. The number of para-hydroxylation sites is 1. The molecule has 1 aromatic heterocycles. The summed E-state index contributed by atoms with van der Waals surface area (Å²) in [6, 6.07) is 21.5. The zero-order chi connectivity index (χ0) is 23.2. The molecule has 0 aliphatic rings. The molecule has 2 N–H and O–H groups in total. The van der Waals surface area contributed by atoms with Crippen molar-refractivity contribution in [3.05, 3.63) is 72.3 Å². The summed E-state index contributed by atoms with van der Waals surface area (Å²) in [5.41, 5.74) is 3.62. The summed E-state index contributed by atoms with van der Waals surface area (Å²) in [5.74, 6) is 2.27. The summed E-state index contributed by atoms with van der Waals surface area (Å²) < 4.78 is 16.0. The number of thioether (sulfide) groups is 1. The number of hydrogen-bond donors (Lipinski definition) is 2. The van der Waals surface area contributed by atoms with Gasteiger partial charge in [0.25, 0.3) is 5.91 Å². The maximum Gasteiger partial charge on any atom is 0.258 e. The second-order valence-corrected chi connectivity index (χ2v) is 8.35. The third-order valence-corrected chi connectivity index (χ3v) is 6.45. The number of rotatable bonds is 9. The minimum Gasteiger partial charge on any atom is -0.497 e. The Morgan fingerprint density at radius 2 is 1.58 bits per heavy atom. The molecule has 1 amide bonds. The SMILES string of the molecule is COc1ccc(-c2[nH]c3ccccc3c2SCCNC(=O)c2c(OC)cccc2OC)cc1. The van der Waals surface area contributed by atoms with Crippen LogP contribution in [0.15, 0.2) is 71.6 Å². The van der Waals surface area contributed by atoms with E-state index in [1.807, 2.05) is 36.4 Å². The Kier molecular flexibility index (Phi) is 7.10. The molecule has 33 heavy (non-hydrogen) atoms. The second kappa shape index (κ2) is 10.4. The first-order chi connectivity index (χ1) is 16.2. The normalized spacial score (nSPS) is 10.8. The molecule has 0 saturated heterocycles. The molecule has 0 spiro atoms. The van der Waals surface area contributed by atoms with Crippen LogP contribution in [0.4, 0.5) is 0 Å². The van der Waals surface area contributed by atoms with Crippen molar-refractivity contribution in [3.8, 4) is 28.5 Å². The van der Waals surface area contributed by atoms with Gasteiger partial charge in [-0.3, -0.25) is 4.79 Å². The highest BCUT2D eigenvalue weighted by atomic mass is 32.2. The van der Waals surface area contributed by atoms with Crippen LogP contribution in [-0.2, 0) is 0 Å². The van der Waals surface area contributed by atoms with E-state index in [0.717, 1.165) is 32.8 Å². The number of carbonyl (C=O) groups is 1. The molecule has 170 valence electrons. The van der Waals surface area contributed by atoms with E-state index in [9.17, 15) is 4.79 Å². The first-order valence-corrected chi connectivity index (χ1v) is 11.5. The predicted octanol–water partition coefficient (Wildman–Crippen LogP) is 5.38. The highest BCUT2D eigenvalue weighted by Gasteiger charge is 2.18. The van der Waals surface area contributed by atoms with Crippen LogP contribution in [0.25, 0.3) is 22.2 Å². The number of aromatic nitrogens is 1. The molecule has 4 aromatic rings. The number of ether oxygens (including phenoxy) is 3. The van der Waals surface area contributed by atoms with Crippen LogP contribution in [0.3, 0.4) is 0 Å². The standard InChI is InChI=1S/C26H26N2O4S/c1-30-18-13-11-17(12-14-18)24-25(19-7-4-5-8-20(19)28-24)33-16-15-27-26(29)23-21(31-2)9-6-10-22(23)32-3/h4-14,28H,15-16H2,1-3H3,(H,27,29). The van der Waals surface area contributed by atoms with Gasteiger partial charge in [0.2, 0.25) is 0 Å². The van der Waals surface area contributed by atoms with Crippen molar-refractivity contribution >= 4 is 28.6 Å². The summed E-state index contributed by atoms with van der Waals surface area (Å²) in [4.78, 5) is 17.5. The number of carbonyl (C=O) groups excluding carboxylic acids is 1. The van der Waals surface area contributed by atoms with Crippen LogP contribution in [0, 0.1) is 0 Å². The number of benzene rings is 3. The fourth-order valence-electron chi connectivity index (χ4n) is 3.71. The monoisotopic (exact) mass is 462 g/mol. The summed E-state index contributed by atoms with van der Waals surface area (Å²) in [6.45, 7) is 0.492. The van der Waals surface area contributed by atoms with Crippen LogP contribution >= 0.6 is 11.8 Å². The Balaban J connectivity index is 1.50. The average Bonchev–Trinajstić information content (AvgIpc) is 3.24. The van der Waals surface area contributed by atoms with Gasteiger partial charge in [-0.15, -0.1) is 11.8 Å². The molecule has 6 nitrogen and oxygen atoms in total. The zero-order valence-corrected chi connectivity index (χ0v) is 19.6. The average molecular weight is 463 g/mol. The molecule has 7 heteroatoms. The van der Waals surface area contributed by atoms with Crippen LogP contribution in [-0.4, -0.2) is 44.5 Å². The topological polar surface area (TPSA) is 72.6 Å². The number of H-pyrrole nitrogens is 1. The lowest BCUT2D eigenvalue weighted by atomic mass is 10.1. The second-order valence-electron chi connectivity index (χ2n) is 7.25. The quantitative estimate of drug-likeness (QED) is 0.258. The minimum absolute atomic E-state index is 0.223. The van der Waals surface area contributed by atoms with Crippen molar-refractivity contribution in [1.82, 2.24) is 10.3 Å². The fraction of sp³-hybridized carbons (Fsp3) is 0.192. The number of methoxy groups -OCH3 is 3. The van der Waals surface area contributed by atoms with Crippen LogP contribution in [0.5, 0.6) is 17.2 Å². The van der Waals surface area contributed by atoms with E-state index in [4.69, 9.17) is 14.2 Å². The lowest BCUT2D eigenvalue weighted by Gasteiger charge is -2.13. The van der Waals surface area contributed by atoms with Gasteiger partial charge in [0.15, 0.2) is 0 Å². The lowest BCUT2D eigenvalue weighted by Crippen LogP contribution is -2.26. The molecule has 0 bridgehead atoms. The van der Waals surface area contributed by atoms with Gasteiger partial charge in [-0.25, -0.2) is 0 Å². The molecule has 0 aliphatic heterocycles. The van der Waals surface area contributed by atoms with E-state index in [1.165, 1.54) is 0 Å². The smallest absolute Gasteiger partial charge is 0.258 e. The molecule has 0 aliphatic carbocycles. The first kappa shape index (κ1) is 22.6. The van der Waals surface area contributed by atoms with Gasteiger partial charge in [0.1, 0.15) is 22.8 Å². The Hall–Kier alpha value is -3.58. The Labute approximate surface area is 197 Å². The first-order valence-electron chi connectivity index (χ1n) is 10.5. The molecule has 1 heterocycles. The molecule has 0 saturated carbocycles. The Bertz CT molecular complexity index is 1230. The van der Waals surface area contributed by atoms with Gasteiger partial charge >= 0.3 is 0 Å². The van der Waals surface area contributed by atoms with Crippen molar-refractivity contribution in [3.63, 3.8) is 0 Å². The van der Waals surface area contributed by atoms with Gasteiger partial charge in [-0.2, -0.15) is 0 Å². The van der Waals surface area contributed by atoms with Gasteiger partial charge in [0, 0.05) is 28.1 Å². The number of aromatic amines is 1. The predicted molar refractivity (Wildman–Crippen MR) is 133 cm³/mol. The number of amides is 1. The van der Waals surface area contributed by atoms with Crippen LogP contribution in [0.2, 0.25) is 0 Å². The van der Waals surface area contributed by atoms with E-state index in [1.54, 1.807) is 51.3 Å². The number of hydrogen-bond acceptors (Lipinski definition) is 5. The molecular weight excluding hydrogens is 436 g/mol. The Morgan fingerprint density at radius 1 is 0.879 bits per heavy atom. The van der Waals surface area contributed by atoms with Gasteiger partial charge in [-0.05, 0) is 48.0 Å². The molecule has 0 unspecified atom stereocenters. The minimum atomic E-state index is -0.223. The van der Waals surface area contributed by atoms with Gasteiger partial charge in [-0.1, -0.05) is 24.3 Å². The zero-order valence-electron chi connectivity index (χ0n) is 18.8. The molecule has 4 rings (SSSR count). The van der Waals surface area contributed by atoms with E-state index < -0.39 is 0 Å². The van der Waals surface area contributed by atoms with Crippen LogP contribution < -0.4 is 19.5 Å². The van der Waals surface area contributed by atoms with Crippen molar-refractivity contribution in [2.24, 2.45) is 0 Å².